The summed E-state index contributed by atoms with van der Waals surface area (Å²) in [6, 6.07) is 15.4. The van der Waals surface area contributed by atoms with Crippen LogP contribution in [0, 0.1) is 5.82 Å². The second-order valence-electron chi connectivity index (χ2n) is 7.31. The Hall–Kier alpha value is -2.82. The van der Waals surface area contributed by atoms with Crippen LogP contribution in [0.4, 0.5) is 10.1 Å². The van der Waals surface area contributed by atoms with E-state index in [9.17, 15) is 9.18 Å². The maximum atomic E-state index is 13.9. The van der Waals surface area contributed by atoms with Crippen LogP contribution in [0.2, 0.25) is 0 Å². The van der Waals surface area contributed by atoms with E-state index in [1.165, 1.54) is 22.5 Å². The quantitative estimate of drug-likeness (QED) is 0.668. The summed E-state index contributed by atoms with van der Waals surface area (Å²) in [6.45, 7) is 5.72. The molecule has 0 N–H and O–H groups in total. The average Bonchev–Trinajstić information content (AvgIpc) is 3.15. The van der Waals surface area contributed by atoms with Crippen LogP contribution < -0.4 is 4.90 Å². The van der Waals surface area contributed by atoms with Gasteiger partial charge in [0.1, 0.15) is 5.82 Å². The van der Waals surface area contributed by atoms with Crippen molar-refractivity contribution in [3.05, 3.63) is 66.1 Å². The first-order chi connectivity index (χ1) is 13.7. The highest BCUT2D eigenvalue weighted by atomic mass is 19.1. The third-order valence-corrected chi connectivity index (χ3v) is 5.63. The van der Waals surface area contributed by atoms with E-state index in [0.717, 1.165) is 13.0 Å². The van der Waals surface area contributed by atoms with Gasteiger partial charge in [0.2, 0.25) is 5.91 Å². The van der Waals surface area contributed by atoms with Crippen LogP contribution in [0.15, 0.2) is 54.7 Å². The summed E-state index contributed by atoms with van der Waals surface area (Å²) in [5.41, 5.74) is 3.06. The van der Waals surface area contributed by atoms with Crippen LogP contribution in [0.1, 0.15) is 18.9 Å². The lowest BCUT2D eigenvalue weighted by Gasteiger charge is -2.36. The highest BCUT2D eigenvalue weighted by Crippen LogP contribution is 2.21. The number of benzene rings is 2. The highest BCUT2D eigenvalue weighted by Gasteiger charge is 2.22. The van der Waals surface area contributed by atoms with E-state index >= 15 is 0 Å². The summed E-state index contributed by atoms with van der Waals surface area (Å²) in [6.07, 6.45) is 3.37. The Labute approximate surface area is 165 Å². The van der Waals surface area contributed by atoms with Crippen molar-refractivity contribution < 1.29 is 9.18 Å². The second kappa shape index (κ2) is 8.05. The van der Waals surface area contributed by atoms with E-state index in [1.54, 1.807) is 12.1 Å². The first kappa shape index (κ1) is 18.5. The molecule has 0 radical (unpaired) electrons. The summed E-state index contributed by atoms with van der Waals surface area (Å²) < 4.78 is 16.2. The van der Waals surface area contributed by atoms with Gasteiger partial charge in [-0.1, -0.05) is 18.2 Å². The standard InChI is InChI=1S/C23H26FN3O/c1-2-25-12-11-19-17-18(7-9-21(19)25)8-10-23(28)27-15-13-26(14-16-27)22-6-4-3-5-20(22)24/h3-7,9,11-12,17H,2,8,10,13-16H2,1H3. The predicted molar refractivity (Wildman–Crippen MR) is 111 cm³/mol. The number of halogens is 1. The Morgan fingerprint density at radius 2 is 1.82 bits per heavy atom. The number of piperazine rings is 1. The van der Waals surface area contributed by atoms with Gasteiger partial charge in [-0.05, 0) is 54.6 Å². The fourth-order valence-corrected chi connectivity index (χ4v) is 4.00. The van der Waals surface area contributed by atoms with E-state index in [2.05, 4.69) is 42.0 Å². The Kier molecular flexibility index (Phi) is 5.33. The van der Waals surface area contributed by atoms with Gasteiger partial charge in [0.05, 0.1) is 5.69 Å². The van der Waals surface area contributed by atoms with Crippen LogP contribution in [0.5, 0.6) is 0 Å². The van der Waals surface area contributed by atoms with Crippen LogP contribution in [0.25, 0.3) is 10.9 Å². The minimum Gasteiger partial charge on any atom is -0.366 e. The molecule has 4 rings (SSSR count). The average molecular weight is 379 g/mol. The molecular weight excluding hydrogens is 353 g/mol. The number of rotatable bonds is 5. The van der Waals surface area contributed by atoms with E-state index < -0.39 is 0 Å². The monoisotopic (exact) mass is 379 g/mol. The summed E-state index contributed by atoms with van der Waals surface area (Å²) in [7, 11) is 0. The summed E-state index contributed by atoms with van der Waals surface area (Å²) in [5, 5.41) is 1.23. The van der Waals surface area contributed by atoms with Crippen LogP contribution in [0.3, 0.4) is 0 Å². The lowest BCUT2D eigenvalue weighted by molar-refractivity contribution is -0.131. The van der Waals surface area contributed by atoms with Gasteiger partial charge in [0, 0.05) is 50.9 Å². The SMILES string of the molecule is CCn1ccc2cc(CCC(=O)N3CCN(c4ccccc4F)CC3)ccc21. The molecule has 146 valence electrons. The third-order valence-electron chi connectivity index (χ3n) is 5.63. The molecule has 1 fully saturated rings. The zero-order valence-corrected chi connectivity index (χ0v) is 16.3. The number of para-hydroxylation sites is 1. The third kappa shape index (κ3) is 3.75. The minimum absolute atomic E-state index is 0.180. The van der Waals surface area contributed by atoms with Gasteiger partial charge < -0.3 is 14.4 Å². The first-order valence-corrected chi connectivity index (χ1v) is 10.0. The van der Waals surface area contributed by atoms with Gasteiger partial charge in [-0.3, -0.25) is 4.79 Å². The van der Waals surface area contributed by atoms with Crippen molar-refractivity contribution in [2.45, 2.75) is 26.3 Å². The van der Waals surface area contributed by atoms with Gasteiger partial charge in [0.15, 0.2) is 0 Å². The lowest BCUT2D eigenvalue weighted by atomic mass is 10.1. The van der Waals surface area contributed by atoms with Crippen molar-refractivity contribution in [1.29, 1.82) is 0 Å². The Morgan fingerprint density at radius 3 is 2.57 bits per heavy atom. The molecule has 1 saturated heterocycles. The van der Waals surface area contributed by atoms with Crippen molar-refractivity contribution in [2.75, 3.05) is 31.1 Å². The Balaban J connectivity index is 1.32. The first-order valence-electron chi connectivity index (χ1n) is 10.0. The molecule has 1 aromatic heterocycles. The van der Waals surface area contributed by atoms with Gasteiger partial charge in [-0.25, -0.2) is 4.39 Å². The minimum atomic E-state index is -0.199. The van der Waals surface area contributed by atoms with E-state index in [0.29, 0.717) is 38.3 Å². The molecule has 0 bridgehead atoms. The van der Waals surface area contributed by atoms with Crippen molar-refractivity contribution in [2.24, 2.45) is 0 Å². The van der Waals surface area contributed by atoms with E-state index in [-0.39, 0.29) is 11.7 Å². The fraction of sp³-hybridized carbons (Fsp3) is 0.348. The van der Waals surface area contributed by atoms with Gasteiger partial charge in [0.25, 0.3) is 0 Å². The molecule has 2 heterocycles. The number of aryl methyl sites for hydroxylation is 2. The molecule has 1 aliphatic rings. The van der Waals surface area contributed by atoms with E-state index in [1.807, 2.05) is 15.9 Å². The predicted octanol–water partition coefficient (Wildman–Crippen LogP) is 4.08. The van der Waals surface area contributed by atoms with Gasteiger partial charge in [-0.15, -0.1) is 0 Å². The summed E-state index contributed by atoms with van der Waals surface area (Å²) >= 11 is 0. The molecule has 2 aromatic carbocycles. The molecule has 1 aliphatic heterocycles. The second-order valence-corrected chi connectivity index (χ2v) is 7.31. The van der Waals surface area contributed by atoms with Crippen molar-refractivity contribution in [1.82, 2.24) is 9.47 Å². The molecular formula is C23H26FN3O. The van der Waals surface area contributed by atoms with Gasteiger partial charge >= 0.3 is 0 Å². The molecule has 0 atom stereocenters. The number of hydrogen-bond acceptors (Lipinski definition) is 2. The Bertz CT molecular complexity index is 973. The molecule has 3 aromatic rings. The maximum absolute atomic E-state index is 13.9. The lowest BCUT2D eigenvalue weighted by Crippen LogP contribution is -2.49. The number of anilines is 1. The van der Waals surface area contributed by atoms with Crippen LogP contribution in [-0.2, 0) is 17.8 Å². The number of carbonyl (C=O) groups is 1. The highest BCUT2D eigenvalue weighted by molar-refractivity contribution is 5.81. The number of fused-ring (bicyclic) bond motifs is 1. The summed E-state index contributed by atoms with van der Waals surface area (Å²) in [4.78, 5) is 16.6. The molecule has 0 spiro atoms. The van der Waals surface area contributed by atoms with Crippen molar-refractivity contribution >= 4 is 22.5 Å². The zero-order chi connectivity index (χ0) is 19.5. The zero-order valence-electron chi connectivity index (χ0n) is 16.3. The molecule has 0 aliphatic carbocycles. The molecule has 0 saturated carbocycles. The topological polar surface area (TPSA) is 28.5 Å². The van der Waals surface area contributed by atoms with Crippen molar-refractivity contribution in [3.8, 4) is 0 Å². The van der Waals surface area contributed by atoms with Crippen LogP contribution in [-0.4, -0.2) is 41.6 Å². The van der Waals surface area contributed by atoms with Gasteiger partial charge in [-0.2, -0.15) is 0 Å². The number of carbonyl (C=O) groups excluding carboxylic acids is 1. The maximum Gasteiger partial charge on any atom is 0.223 e. The molecule has 1 amide bonds. The normalized spacial score (nSPS) is 14.6. The van der Waals surface area contributed by atoms with E-state index in [4.69, 9.17) is 0 Å². The van der Waals surface area contributed by atoms with Crippen molar-refractivity contribution in [3.63, 3.8) is 0 Å². The summed E-state index contributed by atoms with van der Waals surface area (Å²) in [5.74, 6) is -0.0195. The van der Waals surface area contributed by atoms with Crippen LogP contribution >= 0.6 is 0 Å². The number of nitrogens with zero attached hydrogens (tertiary/aromatic N) is 3. The smallest absolute Gasteiger partial charge is 0.223 e. The number of amides is 1. The largest absolute Gasteiger partial charge is 0.366 e. The molecule has 0 unspecified atom stereocenters. The fourth-order valence-electron chi connectivity index (χ4n) is 4.00. The Morgan fingerprint density at radius 1 is 1.04 bits per heavy atom. The number of aromatic nitrogens is 1. The molecule has 5 heteroatoms. The number of hydrogen-bond donors (Lipinski definition) is 0. The molecule has 28 heavy (non-hydrogen) atoms. The molecule has 4 nitrogen and oxygen atoms in total.